The molecule has 0 atom stereocenters. The van der Waals surface area contributed by atoms with Gasteiger partial charge in [-0.15, -0.1) is 12.6 Å². The maximum absolute atomic E-state index is 13.8. The Morgan fingerprint density at radius 2 is 1.84 bits per heavy atom. The SMILES string of the molecule is Cc1ccc(F)c(NC(=O)c2ccccc2S)c1F. The molecule has 0 aliphatic heterocycles. The Morgan fingerprint density at radius 1 is 1.16 bits per heavy atom. The summed E-state index contributed by atoms with van der Waals surface area (Å²) in [6.45, 7) is 1.50. The molecule has 1 N–H and O–H groups in total. The van der Waals surface area contributed by atoms with Crippen LogP contribution in [0.5, 0.6) is 0 Å². The quantitative estimate of drug-likeness (QED) is 0.804. The summed E-state index contributed by atoms with van der Waals surface area (Å²) in [5.74, 6) is -2.19. The van der Waals surface area contributed by atoms with Crippen LogP contribution in [0.1, 0.15) is 15.9 Å². The number of rotatable bonds is 2. The molecule has 1 amide bonds. The van der Waals surface area contributed by atoms with Crippen molar-refractivity contribution in [1.29, 1.82) is 0 Å². The van der Waals surface area contributed by atoms with Gasteiger partial charge in [0, 0.05) is 4.90 Å². The maximum atomic E-state index is 13.8. The Bertz CT molecular complexity index is 643. The van der Waals surface area contributed by atoms with E-state index in [1.807, 2.05) is 0 Å². The summed E-state index contributed by atoms with van der Waals surface area (Å²) in [6.07, 6.45) is 0. The van der Waals surface area contributed by atoms with Gasteiger partial charge in [0.1, 0.15) is 11.5 Å². The van der Waals surface area contributed by atoms with Gasteiger partial charge in [-0.1, -0.05) is 18.2 Å². The van der Waals surface area contributed by atoms with Crippen molar-refractivity contribution in [2.24, 2.45) is 0 Å². The Balaban J connectivity index is 2.35. The minimum Gasteiger partial charge on any atom is -0.317 e. The molecule has 0 unspecified atom stereocenters. The average Bonchev–Trinajstić information content (AvgIpc) is 2.39. The summed E-state index contributed by atoms with van der Waals surface area (Å²) < 4.78 is 27.3. The summed E-state index contributed by atoms with van der Waals surface area (Å²) in [7, 11) is 0. The molecule has 2 nitrogen and oxygen atoms in total. The van der Waals surface area contributed by atoms with Gasteiger partial charge < -0.3 is 5.32 Å². The molecule has 0 aliphatic carbocycles. The zero-order valence-electron chi connectivity index (χ0n) is 10.1. The average molecular weight is 279 g/mol. The Kier molecular flexibility index (Phi) is 3.85. The van der Waals surface area contributed by atoms with E-state index in [1.54, 1.807) is 18.2 Å². The first-order valence-electron chi connectivity index (χ1n) is 5.54. The fourth-order valence-electron chi connectivity index (χ4n) is 1.62. The molecule has 0 spiro atoms. The second-order valence-electron chi connectivity index (χ2n) is 4.02. The first-order valence-corrected chi connectivity index (χ1v) is 5.99. The molecule has 0 radical (unpaired) electrons. The highest BCUT2D eigenvalue weighted by molar-refractivity contribution is 7.80. The molecule has 2 aromatic carbocycles. The Labute approximate surface area is 114 Å². The molecule has 0 aliphatic rings. The molecule has 0 saturated carbocycles. The number of carbonyl (C=O) groups excluding carboxylic acids is 1. The number of benzene rings is 2. The topological polar surface area (TPSA) is 29.1 Å². The number of hydrogen-bond acceptors (Lipinski definition) is 2. The third-order valence-electron chi connectivity index (χ3n) is 2.67. The molecule has 19 heavy (non-hydrogen) atoms. The first-order chi connectivity index (χ1) is 9.00. The molecule has 0 saturated heterocycles. The van der Waals surface area contributed by atoms with Gasteiger partial charge >= 0.3 is 0 Å². The van der Waals surface area contributed by atoms with Crippen LogP contribution in [0.4, 0.5) is 14.5 Å². The van der Waals surface area contributed by atoms with Gasteiger partial charge in [-0.05, 0) is 30.7 Å². The molecule has 0 heterocycles. The zero-order valence-corrected chi connectivity index (χ0v) is 11.0. The van der Waals surface area contributed by atoms with Crippen molar-refractivity contribution in [1.82, 2.24) is 0 Å². The van der Waals surface area contributed by atoms with E-state index >= 15 is 0 Å². The lowest BCUT2D eigenvalue weighted by Crippen LogP contribution is -2.15. The number of anilines is 1. The van der Waals surface area contributed by atoms with Crippen molar-refractivity contribution in [3.63, 3.8) is 0 Å². The summed E-state index contributed by atoms with van der Waals surface area (Å²) in [5.41, 5.74) is 0.0728. The fraction of sp³-hybridized carbons (Fsp3) is 0.0714. The molecular formula is C14H11F2NOS. The van der Waals surface area contributed by atoms with Crippen LogP contribution < -0.4 is 5.32 Å². The number of amides is 1. The number of hydrogen-bond donors (Lipinski definition) is 2. The number of nitrogens with one attached hydrogen (secondary N) is 1. The van der Waals surface area contributed by atoms with Crippen LogP contribution in [-0.4, -0.2) is 5.91 Å². The van der Waals surface area contributed by atoms with Crippen molar-refractivity contribution in [2.45, 2.75) is 11.8 Å². The molecule has 5 heteroatoms. The molecule has 0 aromatic heterocycles. The van der Waals surface area contributed by atoms with Gasteiger partial charge in [0.2, 0.25) is 0 Å². The summed E-state index contributed by atoms with van der Waals surface area (Å²) in [4.78, 5) is 12.4. The van der Waals surface area contributed by atoms with Gasteiger partial charge in [-0.2, -0.15) is 0 Å². The lowest BCUT2D eigenvalue weighted by molar-refractivity contribution is 0.102. The van der Waals surface area contributed by atoms with Crippen LogP contribution in [0, 0.1) is 18.6 Å². The fourth-order valence-corrected chi connectivity index (χ4v) is 1.88. The lowest BCUT2D eigenvalue weighted by Gasteiger charge is -2.10. The highest BCUT2D eigenvalue weighted by Crippen LogP contribution is 2.23. The molecule has 2 aromatic rings. The third-order valence-corrected chi connectivity index (χ3v) is 3.06. The predicted octanol–water partition coefficient (Wildman–Crippen LogP) is 3.81. The summed E-state index contributed by atoms with van der Waals surface area (Å²) in [6, 6.07) is 8.95. The molecule has 0 fully saturated rings. The summed E-state index contributed by atoms with van der Waals surface area (Å²) >= 11 is 4.13. The van der Waals surface area contributed by atoms with Gasteiger partial charge in [-0.25, -0.2) is 8.78 Å². The molecule has 2 rings (SSSR count). The van der Waals surface area contributed by atoms with Crippen LogP contribution in [0.25, 0.3) is 0 Å². The van der Waals surface area contributed by atoms with E-state index in [2.05, 4.69) is 17.9 Å². The van der Waals surface area contributed by atoms with Crippen LogP contribution in [0.15, 0.2) is 41.3 Å². The van der Waals surface area contributed by atoms with Crippen LogP contribution in [-0.2, 0) is 0 Å². The van der Waals surface area contributed by atoms with Crippen molar-refractivity contribution in [2.75, 3.05) is 5.32 Å². The largest absolute Gasteiger partial charge is 0.317 e. The second-order valence-corrected chi connectivity index (χ2v) is 4.51. The lowest BCUT2D eigenvalue weighted by atomic mass is 10.1. The number of halogens is 2. The van der Waals surface area contributed by atoms with Crippen LogP contribution in [0.2, 0.25) is 0 Å². The van der Waals surface area contributed by atoms with Crippen molar-refractivity contribution >= 4 is 24.2 Å². The molecule has 98 valence electrons. The monoisotopic (exact) mass is 279 g/mol. The number of aryl methyl sites for hydroxylation is 1. The van der Waals surface area contributed by atoms with E-state index < -0.39 is 23.2 Å². The van der Waals surface area contributed by atoms with Gasteiger partial charge in [0.05, 0.1) is 5.56 Å². The highest BCUT2D eigenvalue weighted by atomic mass is 32.1. The molecular weight excluding hydrogens is 268 g/mol. The molecule has 0 bridgehead atoms. The minimum absolute atomic E-state index is 0.256. The predicted molar refractivity (Wildman–Crippen MR) is 72.7 cm³/mol. The number of thiol groups is 1. The van der Waals surface area contributed by atoms with E-state index in [-0.39, 0.29) is 11.1 Å². The smallest absolute Gasteiger partial charge is 0.256 e. The van der Waals surface area contributed by atoms with Gasteiger partial charge in [0.25, 0.3) is 5.91 Å². The van der Waals surface area contributed by atoms with Crippen molar-refractivity contribution < 1.29 is 13.6 Å². The Hall–Kier alpha value is -1.88. The number of carbonyl (C=O) groups is 1. The van der Waals surface area contributed by atoms with Crippen LogP contribution >= 0.6 is 12.6 Å². The van der Waals surface area contributed by atoms with Crippen molar-refractivity contribution in [3.05, 3.63) is 59.2 Å². The highest BCUT2D eigenvalue weighted by Gasteiger charge is 2.16. The second kappa shape index (κ2) is 5.40. The van der Waals surface area contributed by atoms with Crippen molar-refractivity contribution in [3.8, 4) is 0 Å². The Morgan fingerprint density at radius 3 is 2.53 bits per heavy atom. The normalized spacial score (nSPS) is 10.3. The van der Waals surface area contributed by atoms with Gasteiger partial charge in [-0.3, -0.25) is 4.79 Å². The van der Waals surface area contributed by atoms with E-state index in [1.165, 1.54) is 19.1 Å². The van der Waals surface area contributed by atoms with E-state index in [0.29, 0.717) is 4.90 Å². The van der Waals surface area contributed by atoms with E-state index in [9.17, 15) is 13.6 Å². The third kappa shape index (κ3) is 2.76. The summed E-state index contributed by atoms with van der Waals surface area (Å²) in [5, 5.41) is 2.24. The van der Waals surface area contributed by atoms with Crippen LogP contribution in [0.3, 0.4) is 0 Å². The standard InChI is InChI=1S/C14H11F2NOS/c1-8-6-7-10(15)13(12(8)16)17-14(18)9-4-2-3-5-11(9)19/h2-7,19H,1H3,(H,17,18). The van der Waals surface area contributed by atoms with E-state index in [0.717, 1.165) is 6.07 Å². The maximum Gasteiger partial charge on any atom is 0.256 e. The first kappa shape index (κ1) is 13.5. The zero-order chi connectivity index (χ0) is 14.0. The minimum atomic E-state index is -0.812. The van der Waals surface area contributed by atoms with Gasteiger partial charge in [0.15, 0.2) is 5.82 Å². The van der Waals surface area contributed by atoms with E-state index in [4.69, 9.17) is 0 Å².